The molecule has 0 aromatic carbocycles. The Hall–Kier alpha value is -0.0100. The highest BCUT2D eigenvalue weighted by Crippen LogP contribution is 2.45. The van der Waals surface area contributed by atoms with Gasteiger partial charge in [0.15, 0.2) is 24.2 Å². The molecule has 4 saturated heterocycles. The van der Waals surface area contributed by atoms with Crippen LogP contribution in [0, 0.1) is 0 Å². The molecular formula is C21H36O9S. The van der Waals surface area contributed by atoms with E-state index in [2.05, 4.69) is 0 Å². The first-order valence-corrected chi connectivity index (χ1v) is 12.1. The summed E-state index contributed by atoms with van der Waals surface area (Å²) in [6.07, 6.45) is -3.35. The molecule has 4 aliphatic heterocycles. The van der Waals surface area contributed by atoms with Gasteiger partial charge in [0.25, 0.3) is 0 Å². The number of fused-ring (bicyclic) bond motifs is 3. The van der Waals surface area contributed by atoms with E-state index in [1.54, 1.807) is 11.8 Å². The first kappa shape index (κ1) is 24.1. The molecule has 0 amide bonds. The Balaban J connectivity index is 1.41. The second-order valence-corrected chi connectivity index (χ2v) is 11.1. The lowest BCUT2D eigenvalue weighted by atomic mass is 10.00. The maximum absolute atomic E-state index is 10.5. The standard InChI is InChI=1S/C21H36O9S/c1-10(2)24-18-11(23)7-14(12(8-22)25-18)31-9-13-15-16(28-20(3,4)27-15)17-19(26-13)30-21(5,6)29-17/h10-19,22-23H,7-9H2,1-6H3/t11-,12-,13-,14-,15+,16+,17-,18+,19-/m1/s1. The van der Waals surface area contributed by atoms with Crippen LogP contribution in [0.25, 0.3) is 0 Å². The predicted octanol–water partition coefficient (Wildman–Crippen LogP) is 1.38. The average molecular weight is 465 g/mol. The smallest absolute Gasteiger partial charge is 0.190 e. The minimum atomic E-state index is -0.760. The van der Waals surface area contributed by atoms with Crippen molar-refractivity contribution >= 4 is 11.8 Å². The first-order valence-electron chi connectivity index (χ1n) is 11.1. The molecule has 4 fully saturated rings. The van der Waals surface area contributed by atoms with Gasteiger partial charge in [-0.05, 0) is 48.0 Å². The van der Waals surface area contributed by atoms with Crippen LogP contribution in [0.4, 0.5) is 0 Å². The van der Waals surface area contributed by atoms with Crippen molar-refractivity contribution in [3.05, 3.63) is 0 Å². The fourth-order valence-electron chi connectivity index (χ4n) is 4.62. The van der Waals surface area contributed by atoms with Crippen LogP contribution in [0.5, 0.6) is 0 Å². The van der Waals surface area contributed by atoms with E-state index in [4.69, 9.17) is 33.2 Å². The summed E-state index contributed by atoms with van der Waals surface area (Å²) < 4.78 is 42.0. The topological polar surface area (TPSA) is 105 Å². The lowest BCUT2D eigenvalue weighted by Gasteiger charge is -2.41. The van der Waals surface area contributed by atoms with Gasteiger partial charge >= 0.3 is 0 Å². The van der Waals surface area contributed by atoms with Crippen molar-refractivity contribution in [1.82, 2.24) is 0 Å². The van der Waals surface area contributed by atoms with Gasteiger partial charge in [0.2, 0.25) is 0 Å². The minimum absolute atomic E-state index is 0.0792. The molecule has 31 heavy (non-hydrogen) atoms. The van der Waals surface area contributed by atoms with E-state index in [0.29, 0.717) is 12.2 Å². The Morgan fingerprint density at radius 1 is 0.935 bits per heavy atom. The van der Waals surface area contributed by atoms with Gasteiger partial charge in [0.1, 0.15) is 24.4 Å². The summed E-state index contributed by atoms with van der Waals surface area (Å²) in [7, 11) is 0. The van der Waals surface area contributed by atoms with Crippen LogP contribution in [0.15, 0.2) is 0 Å². The average Bonchev–Trinajstić information content (AvgIpc) is 3.15. The first-order chi connectivity index (χ1) is 14.5. The molecule has 0 aliphatic carbocycles. The fraction of sp³-hybridized carbons (Fsp3) is 1.00. The second kappa shape index (κ2) is 8.98. The van der Waals surface area contributed by atoms with Crippen molar-refractivity contribution < 1.29 is 43.4 Å². The zero-order valence-electron chi connectivity index (χ0n) is 19.1. The quantitative estimate of drug-likeness (QED) is 0.599. The van der Waals surface area contributed by atoms with Crippen molar-refractivity contribution in [2.75, 3.05) is 12.4 Å². The number of hydrogen-bond acceptors (Lipinski definition) is 10. The van der Waals surface area contributed by atoms with Gasteiger partial charge in [0, 0.05) is 11.0 Å². The molecule has 10 heteroatoms. The Morgan fingerprint density at radius 2 is 1.58 bits per heavy atom. The van der Waals surface area contributed by atoms with Crippen LogP contribution in [-0.2, 0) is 33.2 Å². The number of rotatable bonds is 6. The van der Waals surface area contributed by atoms with Gasteiger partial charge in [-0.3, -0.25) is 0 Å². The summed E-state index contributed by atoms with van der Waals surface area (Å²) in [6.45, 7) is 11.1. The lowest BCUT2D eigenvalue weighted by Crippen LogP contribution is -2.56. The molecule has 0 unspecified atom stereocenters. The third kappa shape index (κ3) is 5.24. The van der Waals surface area contributed by atoms with E-state index in [9.17, 15) is 10.2 Å². The molecule has 2 N–H and O–H groups in total. The van der Waals surface area contributed by atoms with Crippen LogP contribution in [-0.4, -0.2) is 94.7 Å². The van der Waals surface area contributed by atoms with Crippen molar-refractivity contribution in [3.63, 3.8) is 0 Å². The molecule has 180 valence electrons. The van der Waals surface area contributed by atoms with E-state index in [1.165, 1.54) is 0 Å². The monoisotopic (exact) mass is 464 g/mol. The summed E-state index contributed by atoms with van der Waals surface area (Å²) in [5, 5.41) is 20.2. The number of aliphatic hydroxyl groups excluding tert-OH is 2. The Kier molecular flexibility index (Phi) is 6.99. The van der Waals surface area contributed by atoms with Crippen LogP contribution >= 0.6 is 11.8 Å². The van der Waals surface area contributed by atoms with Gasteiger partial charge in [0.05, 0.1) is 24.9 Å². The van der Waals surface area contributed by atoms with E-state index < -0.39 is 36.4 Å². The van der Waals surface area contributed by atoms with E-state index in [-0.39, 0.29) is 42.4 Å². The van der Waals surface area contributed by atoms with Crippen molar-refractivity contribution in [3.8, 4) is 0 Å². The largest absolute Gasteiger partial charge is 0.394 e. The Labute approximate surface area is 188 Å². The molecule has 0 radical (unpaired) electrons. The zero-order chi connectivity index (χ0) is 22.6. The molecule has 0 bridgehead atoms. The molecule has 0 spiro atoms. The zero-order valence-corrected chi connectivity index (χ0v) is 19.9. The summed E-state index contributed by atoms with van der Waals surface area (Å²) in [5.74, 6) is -0.931. The van der Waals surface area contributed by atoms with Gasteiger partial charge in [-0.2, -0.15) is 11.8 Å². The molecule has 9 atom stereocenters. The van der Waals surface area contributed by atoms with Crippen molar-refractivity contribution in [2.24, 2.45) is 0 Å². The van der Waals surface area contributed by atoms with Crippen molar-refractivity contribution in [1.29, 1.82) is 0 Å². The summed E-state index contributed by atoms with van der Waals surface area (Å²) in [4.78, 5) is 0. The van der Waals surface area contributed by atoms with Crippen molar-refractivity contribution in [2.45, 2.75) is 120 Å². The molecule has 4 rings (SSSR count). The number of hydrogen-bond donors (Lipinski definition) is 2. The van der Waals surface area contributed by atoms with Crippen LogP contribution in [0.2, 0.25) is 0 Å². The van der Waals surface area contributed by atoms with Crippen LogP contribution in [0.3, 0.4) is 0 Å². The molecule has 0 aromatic rings. The molecule has 4 heterocycles. The summed E-state index contributed by atoms with van der Waals surface area (Å²) in [5.41, 5.74) is 0. The lowest BCUT2D eigenvalue weighted by molar-refractivity contribution is -0.254. The van der Waals surface area contributed by atoms with Gasteiger partial charge in [-0.1, -0.05) is 0 Å². The molecule has 0 aromatic heterocycles. The normalized spacial score (nSPS) is 46.2. The highest BCUT2D eigenvalue weighted by molar-refractivity contribution is 8.00. The second-order valence-electron chi connectivity index (χ2n) is 9.79. The van der Waals surface area contributed by atoms with E-state index >= 15 is 0 Å². The molecular weight excluding hydrogens is 428 g/mol. The molecule has 9 nitrogen and oxygen atoms in total. The number of ether oxygens (including phenoxy) is 7. The minimum Gasteiger partial charge on any atom is -0.394 e. The summed E-state index contributed by atoms with van der Waals surface area (Å²) >= 11 is 1.59. The van der Waals surface area contributed by atoms with Crippen LogP contribution in [0.1, 0.15) is 48.0 Å². The Bertz CT molecular complexity index is 630. The van der Waals surface area contributed by atoms with Gasteiger partial charge in [-0.25, -0.2) is 0 Å². The maximum atomic E-state index is 10.5. The highest BCUT2D eigenvalue weighted by atomic mass is 32.2. The molecule has 0 saturated carbocycles. The van der Waals surface area contributed by atoms with E-state index in [0.717, 1.165) is 0 Å². The van der Waals surface area contributed by atoms with E-state index in [1.807, 2.05) is 41.5 Å². The summed E-state index contributed by atoms with van der Waals surface area (Å²) in [6, 6.07) is 0. The molecule has 4 aliphatic rings. The highest BCUT2D eigenvalue weighted by Gasteiger charge is 2.60. The number of thioether (sulfide) groups is 1. The predicted molar refractivity (Wildman–Crippen MR) is 111 cm³/mol. The third-order valence-electron chi connectivity index (χ3n) is 5.82. The number of aliphatic hydroxyl groups is 2. The third-order valence-corrected chi connectivity index (χ3v) is 7.27. The SMILES string of the molecule is CC(C)O[C@H]1O[C@H](CO)[C@H](SC[C@H]2O[C@@H]3OC(C)(C)O[C@@H]3[C@H]3OC(C)(C)O[C@H]32)C[C@H]1O. The Morgan fingerprint density at radius 3 is 2.26 bits per heavy atom. The van der Waals surface area contributed by atoms with Gasteiger partial charge < -0.3 is 43.4 Å². The van der Waals surface area contributed by atoms with Gasteiger partial charge in [-0.15, -0.1) is 0 Å². The van der Waals surface area contributed by atoms with Crippen LogP contribution < -0.4 is 0 Å². The fourth-order valence-corrected chi connectivity index (χ4v) is 6.03. The maximum Gasteiger partial charge on any atom is 0.190 e.